The molecule has 0 atom stereocenters. The van der Waals surface area contributed by atoms with Gasteiger partial charge in [0.05, 0.1) is 11.9 Å². The molecule has 0 amide bonds. The molecule has 3 N–H and O–H groups in total. The van der Waals surface area contributed by atoms with Crippen LogP contribution in [0.3, 0.4) is 0 Å². The first-order valence-corrected chi connectivity index (χ1v) is 4.27. The highest BCUT2D eigenvalue weighted by Crippen LogP contribution is 2.19. The third kappa shape index (κ3) is 1.43. The molecule has 1 aromatic rings. The number of hydrogen-bond acceptors (Lipinski definition) is 3. The van der Waals surface area contributed by atoms with E-state index in [-0.39, 0.29) is 0 Å². The van der Waals surface area contributed by atoms with Gasteiger partial charge in [0.1, 0.15) is 0 Å². The van der Waals surface area contributed by atoms with Crippen LogP contribution in [-0.4, -0.2) is 15.6 Å². The van der Waals surface area contributed by atoms with Crippen LogP contribution in [0.1, 0.15) is 18.5 Å². The quantitative estimate of drug-likeness (QED) is 0.677. The van der Waals surface area contributed by atoms with E-state index in [1.54, 1.807) is 0 Å². The van der Waals surface area contributed by atoms with Gasteiger partial charge in [-0.1, -0.05) is 0 Å². The number of aromatic nitrogens is 2. The lowest BCUT2D eigenvalue weighted by molar-refractivity contribution is 0.653. The van der Waals surface area contributed by atoms with Crippen LogP contribution in [0.5, 0.6) is 0 Å². The fourth-order valence-electron chi connectivity index (χ4n) is 1.16. The SMILES string of the molecule is Cn1c(CNC2CC2)cnc1N. The molecule has 1 aromatic heterocycles. The number of nitrogen functional groups attached to an aromatic ring is 1. The molecule has 1 heterocycles. The lowest BCUT2D eigenvalue weighted by atomic mass is 10.4. The Kier molecular flexibility index (Phi) is 1.77. The van der Waals surface area contributed by atoms with E-state index in [0.717, 1.165) is 18.3 Å². The van der Waals surface area contributed by atoms with E-state index in [2.05, 4.69) is 10.3 Å². The number of nitrogens with zero attached hydrogens (tertiary/aromatic N) is 2. The number of anilines is 1. The van der Waals surface area contributed by atoms with Crippen molar-refractivity contribution in [3.63, 3.8) is 0 Å². The van der Waals surface area contributed by atoms with E-state index in [0.29, 0.717) is 5.95 Å². The van der Waals surface area contributed by atoms with Crippen LogP contribution in [-0.2, 0) is 13.6 Å². The Morgan fingerprint density at radius 3 is 3.00 bits per heavy atom. The minimum absolute atomic E-state index is 0.586. The van der Waals surface area contributed by atoms with Gasteiger partial charge in [0.15, 0.2) is 5.95 Å². The fourth-order valence-corrected chi connectivity index (χ4v) is 1.16. The zero-order chi connectivity index (χ0) is 8.55. The molecule has 0 aliphatic heterocycles. The van der Waals surface area contributed by atoms with Gasteiger partial charge in [-0.15, -0.1) is 0 Å². The largest absolute Gasteiger partial charge is 0.369 e. The number of hydrogen-bond donors (Lipinski definition) is 2. The summed E-state index contributed by atoms with van der Waals surface area (Å²) in [5.41, 5.74) is 6.74. The van der Waals surface area contributed by atoms with Crippen molar-refractivity contribution < 1.29 is 0 Å². The normalized spacial score (nSPS) is 16.8. The van der Waals surface area contributed by atoms with Crippen molar-refractivity contribution in [3.05, 3.63) is 11.9 Å². The summed E-state index contributed by atoms with van der Waals surface area (Å²) in [5, 5.41) is 3.41. The topological polar surface area (TPSA) is 55.9 Å². The Morgan fingerprint density at radius 1 is 1.75 bits per heavy atom. The van der Waals surface area contributed by atoms with Gasteiger partial charge in [-0.2, -0.15) is 0 Å². The lowest BCUT2D eigenvalue weighted by Gasteiger charge is -2.03. The first-order valence-electron chi connectivity index (χ1n) is 4.27. The molecule has 12 heavy (non-hydrogen) atoms. The van der Waals surface area contributed by atoms with Crippen LogP contribution < -0.4 is 11.1 Å². The molecule has 1 aliphatic carbocycles. The monoisotopic (exact) mass is 166 g/mol. The molecule has 0 spiro atoms. The van der Waals surface area contributed by atoms with Crippen LogP contribution in [0, 0.1) is 0 Å². The van der Waals surface area contributed by atoms with E-state index in [1.807, 2.05) is 17.8 Å². The highest BCUT2D eigenvalue weighted by Gasteiger charge is 2.20. The van der Waals surface area contributed by atoms with Gasteiger partial charge in [0, 0.05) is 19.6 Å². The number of imidazole rings is 1. The maximum atomic E-state index is 5.59. The lowest BCUT2D eigenvalue weighted by Crippen LogP contribution is -2.17. The van der Waals surface area contributed by atoms with E-state index < -0.39 is 0 Å². The molecule has 0 aromatic carbocycles. The van der Waals surface area contributed by atoms with Crippen molar-refractivity contribution >= 4 is 5.95 Å². The highest BCUT2D eigenvalue weighted by atomic mass is 15.1. The van der Waals surface area contributed by atoms with Crippen LogP contribution in [0.2, 0.25) is 0 Å². The van der Waals surface area contributed by atoms with Crippen molar-refractivity contribution in [2.75, 3.05) is 5.73 Å². The Hall–Kier alpha value is -1.03. The van der Waals surface area contributed by atoms with E-state index >= 15 is 0 Å². The number of rotatable bonds is 3. The van der Waals surface area contributed by atoms with Gasteiger partial charge in [-0.05, 0) is 12.8 Å². The average Bonchev–Trinajstić information content (AvgIpc) is 2.82. The predicted molar refractivity (Wildman–Crippen MR) is 47.5 cm³/mol. The summed E-state index contributed by atoms with van der Waals surface area (Å²) in [5.74, 6) is 0.586. The molecular weight excluding hydrogens is 152 g/mol. The minimum Gasteiger partial charge on any atom is -0.369 e. The third-order valence-corrected chi connectivity index (χ3v) is 2.27. The summed E-state index contributed by atoms with van der Waals surface area (Å²) >= 11 is 0. The van der Waals surface area contributed by atoms with Crippen molar-refractivity contribution in [1.29, 1.82) is 0 Å². The molecule has 4 nitrogen and oxygen atoms in total. The summed E-state index contributed by atoms with van der Waals surface area (Å²) < 4.78 is 1.91. The maximum Gasteiger partial charge on any atom is 0.200 e. The van der Waals surface area contributed by atoms with Gasteiger partial charge in [0.2, 0.25) is 0 Å². The predicted octanol–water partition coefficient (Wildman–Crippen LogP) is 0.254. The molecule has 2 rings (SSSR count). The van der Waals surface area contributed by atoms with E-state index in [1.165, 1.54) is 12.8 Å². The zero-order valence-electron chi connectivity index (χ0n) is 7.25. The summed E-state index contributed by atoms with van der Waals surface area (Å²) in [6, 6.07) is 0.737. The fraction of sp³-hybridized carbons (Fsp3) is 0.625. The second kappa shape index (κ2) is 2.79. The zero-order valence-corrected chi connectivity index (χ0v) is 7.25. The number of nitrogens with two attached hydrogens (primary N) is 1. The molecule has 0 saturated heterocycles. The molecular formula is C8H14N4. The molecule has 0 radical (unpaired) electrons. The standard InChI is InChI=1S/C8H14N4/c1-12-7(5-11-8(12)9)4-10-6-2-3-6/h5-6,10H,2-4H2,1H3,(H2,9,11). The first-order chi connectivity index (χ1) is 5.77. The van der Waals surface area contributed by atoms with Crippen LogP contribution >= 0.6 is 0 Å². The Morgan fingerprint density at radius 2 is 2.50 bits per heavy atom. The first kappa shape index (κ1) is 7.61. The molecule has 1 fully saturated rings. The van der Waals surface area contributed by atoms with E-state index in [4.69, 9.17) is 5.73 Å². The maximum absolute atomic E-state index is 5.59. The molecule has 1 saturated carbocycles. The molecule has 66 valence electrons. The Labute approximate surface area is 71.8 Å². The minimum atomic E-state index is 0.586. The van der Waals surface area contributed by atoms with Crippen LogP contribution in [0.25, 0.3) is 0 Å². The number of nitrogens with one attached hydrogen (secondary N) is 1. The summed E-state index contributed by atoms with van der Waals surface area (Å²) in [7, 11) is 1.94. The second-order valence-electron chi connectivity index (χ2n) is 3.32. The average molecular weight is 166 g/mol. The Bertz CT molecular complexity index is 275. The van der Waals surface area contributed by atoms with Gasteiger partial charge >= 0.3 is 0 Å². The van der Waals surface area contributed by atoms with Crippen molar-refractivity contribution in [1.82, 2.24) is 14.9 Å². The summed E-state index contributed by atoms with van der Waals surface area (Å²) in [4.78, 5) is 4.02. The summed E-state index contributed by atoms with van der Waals surface area (Å²) in [6.07, 6.45) is 4.45. The molecule has 1 aliphatic rings. The second-order valence-corrected chi connectivity index (χ2v) is 3.32. The van der Waals surface area contributed by atoms with Crippen molar-refractivity contribution in [2.45, 2.75) is 25.4 Å². The van der Waals surface area contributed by atoms with Crippen molar-refractivity contribution in [2.24, 2.45) is 7.05 Å². The van der Waals surface area contributed by atoms with Crippen molar-refractivity contribution in [3.8, 4) is 0 Å². The summed E-state index contributed by atoms with van der Waals surface area (Å²) in [6.45, 7) is 0.880. The molecule has 0 unspecified atom stereocenters. The third-order valence-electron chi connectivity index (χ3n) is 2.27. The van der Waals surface area contributed by atoms with Gasteiger partial charge in [-0.25, -0.2) is 4.98 Å². The molecule has 4 heteroatoms. The van der Waals surface area contributed by atoms with Gasteiger partial charge in [-0.3, -0.25) is 0 Å². The smallest absolute Gasteiger partial charge is 0.200 e. The van der Waals surface area contributed by atoms with Crippen LogP contribution in [0.4, 0.5) is 5.95 Å². The van der Waals surface area contributed by atoms with Gasteiger partial charge in [0.25, 0.3) is 0 Å². The molecule has 0 bridgehead atoms. The van der Waals surface area contributed by atoms with Crippen LogP contribution in [0.15, 0.2) is 6.20 Å². The highest BCUT2D eigenvalue weighted by molar-refractivity contribution is 5.21. The Balaban J connectivity index is 1.96. The van der Waals surface area contributed by atoms with E-state index in [9.17, 15) is 0 Å². The van der Waals surface area contributed by atoms with Gasteiger partial charge < -0.3 is 15.6 Å².